The zero-order chi connectivity index (χ0) is 14.8. The Labute approximate surface area is 129 Å². The zero-order valence-corrected chi connectivity index (χ0v) is 12.9. The SMILES string of the molecule is CC1CC(CN)CN1Cc1ncc(-c2cccc(Cl)c2)o1. The first-order valence-corrected chi connectivity index (χ1v) is 7.68. The lowest BCUT2D eigenvalue weighted by atomic mass is 10.1. The van der Waals surface area contributed by atoms with Crippen LogP contribution < -0.4 is 5.73 Å². The van der Waals surface area contributed by atoms with Gasteiger partial charge in [-0.3, -0.25) is 4.90 Å². The smallest absolute Gasteiger partial charge is 0.209 e. The summed E-state index contributed by atoms with van der Waals surface area (Å²) < 4.78 is 5.86. The summed E-state index contributed by atoms with van der Waals surface area (Å²) in [5.41, 5.74) is 6.72. The Balaban J connectivity index is 1.71. The molecule has 112 valence electrons. The van der Waals surface area contributed by atoms with E-state index >= 15 is 0 Å². The summed E-state index contributed by atoms with van der Waals surface area (Å²) in [6.07, 6.45) is 2.92. The highest BCUT2D eigenvalue weighted by molar-refractivity contribution is 6.30. The van der Waals surface area contributed by atoms with E-state index in [1.807, 2.05) is 24.3 Å². The molecule has 1 aromatic heterocycles. The normalized spacial score (nSPS) is 22.8. The van der Waals surface area contributed by atoms with Gasteiger partial charge in [-0.25, -0.2) is 4.98 Å². The Kier molecular flexibility index (Phi) is 4.29. The van der Waals surface area contributed by atoms with E-state index in [1.54, 1.807) is 6.20 Å². The van der Waals surface area contributed by atoms with Crippen LogP contribution in [0.15, 0.2) is 34.9 Å². The number of benzene rings is 1. The van der Waals surface area contributed by atoms with Gasteiger partial charge in [-0.15, -0.1) is 0 Å². The van der Waals surface area contributed by atoms with Crippen molar-refractivity contribution in [3.63, 3.8) is 0 Å². The average molecular weight is 306 g/mol. The Hall–Kier alpha value is -1.36. The fourth-order valence-electron chi connectivity index (χ4n) is 2.94. The molecule has 0 bridgehead atoms. The first-order valence-electron chi connectivity index (χ1n) is 7.30. The van der Waals surface area contributed by atoms with Crippen LogP contribution in [0.4, 0.5) is 0 Å². The molecular weight excluding hydrogens is 286 g/mol. The van der Waals surface area contributed by atoms with Crippen molar-refractivity contribution >= 4 is 11.6 Å². The lowest BCUT2D eigenvalue weighted by Gasteiger charge is -2.18. The van der Waals surface area contributed by atoms with E-state index < -0.39 is 0 Å². The van der Waals surface area contributed by atoms with E-state index in [4.69, 9.17) is 21.8 Å². The molecule has 1 saturated heterocycles. The molecule has 5 heteroatoms. The molecule has 0 aliphatic carbocycles. The maximum Gasteiger partial charge on any atom is 0.209 e. The second-order valence-electron chi connectivity index (χ2n) is 5.74. The molecule has 3 rings (SSSR count). The molecule has 0 amide bonds. The Morgan fingerprint density at radius 3 is 3.05 bits per heavy atom. The fourth-order valence-corrected chi connectivity index (χ4v) is 3.13. The van der Waals surface area contributed by atoms with E-state index in [0.717, 1.165) is 43.3 Å². The Morgan fingerprint density at radius 2 is 2.33 bits per heavy atom. The van der Waals surface area contributed by atoms with Gasteiger partial charge in [0.25, 0.3) is 0 Å². The molecule has 1 aliphatic heterocycles. The van der Waals surface area contributed by atoms with Crippen molar-refractivity contribution in [2.75, 3.05) is 13.1 Å². The highest BCUT2D eigenvalue weighted by Gasteiger charge is 2.28. The summed E-state index contributed by atoms with van der Waals surface area (Å²) in [6.45, 7) is 4.74. The van der Waals surface area contributed by atoms with Crippen molar-refractivity contribution in [3.8, 4) is 11.3 Å². The third kappa shape index (κ3) is 3.28. The molecular formula is C16H20ClN3O. The number of likely N-dealkylation sites (tertiary alicyclic amines) is 1. The van der Waals surface area contributed by atoms with E-state index in [-0.39, 0.29) is 0 Å². The van der Waals surface area contributed by atoms with E-state index in [0.29, 0.717) is 17.0 Å². The second-order valence-corrected chi connectivity index (χ2v) is 6.18. The monoisotopic (exact) mass is 305 g/mol. The summed E-state index contributed by atoms with van der Waals surface area (Å²) >= 11 is 6.01. The Bertz CT molecular complexity index is 613. The van der Waals surface area contributed by atoms with E-state index in [2.05, 4.69) is 16.8 Å². The van der Waals surface area contributed by atoms with Crippen molar-refractivity contribution in [3.05, 3.63) is 41.4 Å². The van der Waals surface area contributed by atoms with E-state index in [9.17, 15) is 0 Å². The minimum atomic E-state index is 0.528. The quantitative estimate of drug-likeness (QED) is 0.942. The van der Waals surface area contributed by atoms with Crippen LogP contribution in [0.1, 0.15) is 19.2 Å². The standard InChI is InChI=1S/C16H20ClN3O/c1-11-5-12(7-18)9-20(11)10-16-19-8-15(21-16)13-3-2-4-14(17)6-13/h2-4,6,8,11-12H,5,7,9-10,18H2,1H3. The maximum atomic E-state index is 6.01. The van der Waals surface area contributed by atoms with Gasteiger partial charge >= 0.3 is 0 Å². The number of oxazole rings is 1. The molecule has 2 N–H and O–H groups in total. The van der Waals surface area contributed by atoms with Gasteiger partial charge < -0.3 is 10.2 Å². The molecule has 0 spiro atoms. The molecule has 2 aromatic rings. The first kappa shape index (κ1) is 14.6. The van der Waals surface area contributed by atoms with Gasteiger partial charge in [0.1, 0.15) is 0 Å². The van der Waals surface area contributed by atoms with Gasteiger partial charge in [0.2, 0.25) is 5.89 Å². The van der Waals surface area contributed by atoms with Gasteiger partial charge in [0, 0.05) is 23.2 Å². The highest BCUT2D eigenvalue weighted by atomic mass is 35.5. The highest BCUT2D eigenvalue weighted by Crippen LogP contribution is 2.27. The maximum absolute atomic E-state index is 6.01. The lowest BCUT2D eigenvalue weighted by Crippen LogP contribution is -2.27. The van der Waals surface area contributed by atoms with Crippen molar-refractivity contribution in [2.24, 2.45) is 11.7 Å². The first-order chi connectivity index (χ1) is 10.2. The van der Waals surface area contributed by atoms with Gasteiger partial charge in [-0.05, 0) is 37.9 Å². The van der Waals surface area contributed by atoms with Gasteiger partial charge in [-0.2, -0.15) is 0 Å². The molecule has 1 fully saturated rings. The minimum absolute atomic E-state index is 0.528. The molecule has 4 nitrogen and oxygen atoms in total. The van der Waals surface area contributed by atoms with Crippen LogP contribution in [0, 0.1) is 5.92 Å². The van der Waals surface area contributed by atoms with Crippen LogP contribution in [0.25, 0.3) is 11.3 Å². The molecule has 0 saturated carbocycles. The van der Waals surface area contributed by atoms with Crippen molar-refractivity contribution in [2.45, 2.75) is 25.9 Å². The predicted octanol–water partition coefficient (Wildman–Crippen LogP) is 3.16. The number of nitrogens with zero attached hydrogens (tertiary/aromatic N) is 2. The molecule has 1 aromatic carbocycles. The van der Waals surface area contributed by atoms with Crippen LogP contribution in [0.2, 0.25) is 5.02 Å². The molecule has 2 heterocycles. The van der Waals surface area contributed by atoms with Crippen LogP contribution >= 0.6 is 11.6 Å². The van der Waals surface area contributed by atoms with Crippen molar-refractivity contribution in [1.29, 1.82) is 0 Å². The summed E-state index contributed by atoms with van der Waals surface area (Å²) in [7, 11) is 0. The van der Waals surface area contributed by atoms with Crippen LogP contribution in [-0.2, 0) is 6.54 Å². The molecule has 1 aliphatic rings. The third-order valence-electron chi connectivity index (χ3n) is 4.12. The van der Waals surface area contributed by atoms with Crippen LogP contribution in [0.5, 0.6) is 0 Å². The summed E-state index contributed by atoms with van der Waals surface area (Å²) in [4.78, 5) is 6.77. The average Bonchev–Trinajstić information content (AvgIpc) is 3.07. The fraction of sp³-hybridized carbons (Fsp3) is 0.438. The zero-order valence-electron chi connectivity index (χ0n) is 12.1. The van der Waals surface area contributed by atoms with E-state index in [1.165, 1.54) is 0 Å². The van der Waals surface area contributed by atoms with Gasteiger partial charge in [0.05, 0.1) is 12.7 Å². The number of nitrogens with two attached hydrogens (primary N) is 1. The Morgan fingerprint density at radius 1 is 1.48 bits per heavy atom. The number of hydrogen-bond acceptors (Lipinski definition) is 4. The summed E-state index contributed by atoms with van der Waals surface area (Å²) in [5.74, 6) is 2.09. The topological polar surface area (TPSA) is 55.3 Å². The second kappa shape index (κ2) is 6.18. The minimum Gasteiger partial charge on any atom is -0.439 e. The van der Waals surface area contributed by atoms with Crippen molar-refractivity contribution < 1.29 is 4.42 Å². The summed E-state index contributed by atoms with van der Waals surface area (Å²) in [5, 5.41) is 0.699. The third-order valence-corrected chi connectivity index (χ3v) is 4.36. The number of halogens is 1. The largest absolute Gasteiger partial charge is 0.439 e. The van der Waals surface area contributed by atoms with Crippen LogP contribution in [0.3, 0.4) is 0 Å². The number of aromatic nitrogens is 1. The van der Waals surface area contributed by atoms with Crippen LogP contribution in [-0.4, -0.2) is 29.0 Å². The lowest BCUT2D eigenvalue weighted by molar-refractivity contribution is 0.231. The number of rotatable bonds is 4. The van der Waals surface area contributed by atoms with Crippen molar-refractivity contribution in [1.82, 2.24) is 9.88 Å². The molecule has 2 atom stereocenters. The summed E-state index contributed by atoms with van der Waals surface area (Å²) in [6, 6.07) is 8.14. The molecule has 2 unspecified atom stereocenters. The van der Waals surface area contributed by atoms with Gasteiger partial charge in [0.15, 0.2) is 5.76 Å². The molecule has 0 radical (unpaired) electrons. The van der Waals surface area contributed by atoms with Gasteiger partial charge in [-0.1, -0.05) is 23.7 Å². The predicted molar refractivity (Wildman–Crippen MR) is 84.0 cm³/mol. The molecule has 21 heavy (non-hydrogen) atoms. The number of hydrogen-bond donors (Lipinski definition) is 1.